The first-order chi connectivity index (χ1) is 20.2. The molecule has 0 radical (unpaired) electrons. The average Bonchev–Trinajstić information content (AvgIpc) is 2.94. The molecule has 14 nitrogen and oxygen atoms in total. The van der Waals surface area contributed by atoms with Crippen LogP contribution < -0.4 is 21.5 Å². The maximum Gasteiger partial charge on any atom is 0.355 e. The first-order valence-corrected chi connectivity index (χ1v) is 13.7. The molecule has 0 spiro atoms. The summed E-state index contributed by atoms with van der Waals surface area (Å²) in [5.41, 5.74) is -2.96. The predicted octanol–water partition coefficient (Wildman–Crippen LogP) is 3.36. The summed E-state index contributed by atoms with van der Waals surface area (Å²) in [5.74, 6) is -2.59. The Hall–Kier alpha value is -4.48. The molecule has 0 saturated heterocycles. The number of halogens is 2. The molecule has 43 heavy (non-hydrogen) atoms. The molecule has 3 rings (SSSR count). The SMILES string of the molecule is CC(C)C(=O)OCn1nc(Oc2c(Cl)cc(-n3nc(C#N)c(=O)n(COC(=O)C(C)C)c3=O)cc2Cl)cc(C(C)C)c1=O. The van der Waals surface area contributed by atoms with Gasteiger partial charge in [0.25, 0.3) is 11.1 Å². The van der Waals surface area contributed by atoms with Crippen LogP contribution in [0.1, 0.15) is 58.7 Å². The number of hydrogen-bond acceptors (Lipinski definition) is 11. The molecule has 0 bridgehead atoms. The summed E-state index contributed by atoms with van der Waals surface area (Å²) >= 11 is 12.9. The Bertz CT molecular complexity index is 1760. The van der Waals surface area contributed by atoms with Crippen LogP contribution in [0.3, 0.4) is 0 Å². The standard InChI is InChI=1S/C27H28Cl2N6O8/c1-13(2)17-9-21(32-34(23(17)36)12-42-26(39)15(5)6)43-22-18(28)7-16(8-19(22)29)35-27(40)33(11-41-25(38)14(3)4)24(37)20(10-30)31-35/h7-9,13-15H,11-12H2,1-6H3. The van der Waals surface area contributed by atoms with Gasteiger partial charge in [-0.2, -0.15) is 14.6 Å². The van der Waals surface area contributed by atoms with Gasteiger partial charge in [0.15, 0.2) is 19.2 Å². The number of carbonyl (C=O) groups is 2. The summed E-state index contributed by atoms with van der Waals surface area (Å²) in [6.45, 7) is 8.79. The lowest BCUT2D eigenvalue weighted by Crippen LogP contribution is -2.43. The van der Waals surface area contributed by atoms with Crippen molar-refractivity contribution < 1.29 is 23.8 Å². The van der Waals surface area contributed by atoms with E-state index in [0.717, 1.165) is 4.68 Å². The van der Waals surface area contributed by atoms with E-state index < -0.39 is 59.7 Å². The maximum atomic E-state index is 13.1. The normalized spacial score (nSPS) is 11.1. The number of aromatic nitrogens is 5. The molecule has 0 fully saturated rings. The maximum absolute atomic E-state index is 13.1. The van der Waals surface area contributed by atoms with Crippen molar-refractivity contribution in [1.29, 1.82) is 5.26 Å². The monoisotopic (exact) mass is 634 g/mol. The fourth-order valence-electron chi connectivity index (χ4n) is 3.41. The largest absolute Gasteiger partial charge is 0.443 e. The van der Waals surface area contributed by atoms with E-state index in [9.17, 15) is 29.2 Å². The third kappa shape index (κ3) is 7.49. The summed E-state index contributed by atoms with van der Waals surface area (Å²) in [7, 11) is 0. The Balaban J connectivity index is 2.05. The van der Waals surface area contributed by atoms with Crippen LogP contribution in [0.25, 0.3) is 5.69 Å². The van der Waals surface area contributed by atoms with Gasteiger partial charge in [-0.05, 0) is 18.1 Å². The molecule has 0 aliphatic rings. The summed E-state index contributed by atoms with van der Waals surface area (Å²) in [6, 6.07) is 5.46. The summed E-state index contributed by atoms with van der Waals surface area (Å²) in [5, 5.41) is 17.1. The van der Waals surface area contributed by atoms with E-state index in [1.807, 2.05) is 0 Å². The number of rotatable bonds is 10. The van der Waals surface area contributed by atoms with E-state index in [-0.39, 0.29) is 33.3 Å². The van der Waals surface area contributed by atoms with Gasteiger partial charge < -0.3 is 14.2 Å². The van der Waals surface area contributed by atoms with E-state index in [4.69, 9.17) is 37.4 Å². The molecular formula is C27H28Cl2N6O8. The number of nitrogens with zero attached hydrogens (tertiary/aromatic N) is 6. The van der Waals surface area contributed by atoms with Crippen LogP contribution in [0, 0.1) is 23.2 Å². The third-order valence-corrected chi connectivity index (χ3v) is 6.37. The Labute approximate surface area is 254 Å². The van der Waals surface area contributed by atoms with Gasteiger partial charge in [0.2, 0.25) is 11.6 Å². The predicted molar refractivity (Wildman–Crippen MR) is 153 cm³/mol. The minimum Gasteiger partial charge on any atom is -0.443 e. The van der Waals surface area contributed by atoms with Crippen molar-refractivity contribution in [1.82, 2.24) is 24.1 Å². The molecular weight excluding hydrogens is 607 g/mol. The Morgan fingerprint density at radius 3 is 1.95 bits per heavy atom. The van der Waals surface area contributed by atoms with E-state index in [2.05, 4.69) is 10.2 Å². The fraction of sp³-hybridized carbons (Fsp3) is 0.407. The van der Waals surface area contributed by atoms with Gasteiger partial charge in [0.05, 0.1) is 27.6 Å². The van der Waals surface area contributed by atoms with Crippen molar-refractivity contribution in [2.24, 2.45) is 11.8 Å². The molecule has 228 valence electrons. The van der Waals surface area contributed by atoms with Crippen molar-refractivity contribution in [2.45, 2.75) is 60.9 Å². The smallest absolute Gasteiger partial charge is 0.355 e. The van der Waals surface area contributed by atoms with Gasteiger partial charge in [-0.1, -0.05) is 64.7 Å². The summed E-state index contributed by atoms with van der Waals surface area (Å²) in [6.07, 6.45) is 0. The molecule has 2 aromatic heterocycles. The van der Waals surface area contributed by atoms with E-state index >= 15 is 0 Å². The molecule has 0 atom stereocenters. The number of ether oxygens (including phenoxy) is 3. The van der Waals surface area contributed by atoms with E-state index in [0.29, 0.717) is 14.8 Å². The molecule has 0 aliphatic carbocycles. The number of hydrogen-bond donors (Lipinski definition) is 0. The Kier molecular flexibility index (Phi) is 10.5. The number of esters is 2. The zero-order chi connectivity index (χ0) is 32.2. The Morgan fingerprint density at radius 1 is 0.884 bits per heavy atom. The lowest BCUT2D eigenvalue weighted by molar-refractivity contribution is -0.152. The minimum atomic E-state index is -1.06. The van der Waals surface area contributed by atoms with Crippen molar-refractivity contribution in [3.8, 4) is 23.4 Å². The zero-order valence-electron chi connectivity index (χ0n) is 24.1. The van der Waals surface area contributed by atoms with Crippen LogP contribution >= 0.6 is 23.2 Å². The minimum absolute atomic E-state index is 0.0471. The average molecular weight is 635 g/mol. The van der Waals surface area contributed by atoms with E-state index in [1.54, 1.807) is 47.6 Å². The highest BCUT2D eigenvalue weighted by Gasteiger charge is 2.21. The van der Waals surface area contributed by atoms with Gasteiger partial charge in [0.1, 0.15) is 6.07 Å². The quantitative estimate of drug-likeness (QED) is 0.299. The zero-order valence-corrected chi connectivity index (χ0v) is 25.6. The fourth-order valence-corrected chi connectivity index (χ4v) is 3.96. The number of nitriles is 1. The number of carbonyl (C=O) groups excluding carboxylic acids is 2. The van der Waals surface area contributed by atoms with Gasteiger partial charge in [-0.25, -0.2) is 9.36 Å². The van der Waals surface area contributed by atoms with Crippen LogP contribution in [0.2, 0.25) is 10.0 Å². The molecule has 2 heterocycles. The Morgan fingerprint density at radius 2 is 1.44 bits per heavy atom. The molecule has 16 heteroatoms. The molecule has 0 unspecified atom stereocenters. The second-order valence-electron chi connectivity index (χ2n) is 10.1. The van der Waals surface area contributed by atoms with Crippen molar-refractivity contribution in [2.75, 3.05) is 0 Å². The first-order valence-electron chi connectivity index (χ1n) is 12.9. The number of benzene rings is 1. The van der Waals surface area contributed by atoms with Gasteiger partial charge in [0, 0.05) is 11.6 Å². The van der Waals surface area contributed by atoms with Gasteiger partial charge >= 0.3 is 17.6 Å². The molecule has 3 aromatic rings. The van der Waals surface area contributed by atoms with Gasteiger partial charge in [-0.15, -0.1) is 10.2 Å². The van der Waals surface area contributed by atoms with Crippen LogP contribution in [-0.4, -0.2) is 36.1 Å². The van der Waals surface area contributed by atoms with Crippen LogP contribution in [0.15, 0.2) is 32.6 Å². The highest BCUT2D eigenvalue weighted by Crippen LogP contribution is 2.37. The second-order valence-corrected chi connectivity index (χ2v) is 10.9. The van der Waals surface area contributed by atoms with Crippen molar-refractivity contribution in [3.05, 3.63) is 70.7 Å². The topological polar surface area (TPSA) is 177 Å². The van der Waals surface area contributed by atoms with Crippen LogP contribution in [0.5, 0.6) is 11.6 Å². The summed E-state index contributed by atoms with van der Waals surface area (Å²) < 4.78 is 18.1. The van der Waals surface area contributed by atoms with Crippen LogP contribution in [-0.2, 0) is 32.5 Å². The van der Waals surface area contributed by atoms with E-state index in [1.165, 1.54) is 18.2 Å². The molecule has 0 saturated carbocycles. The highest BCUT2D eigenvalue weighted by atomic mass is 35.5. The molecule has 1 aromatic carbocycles. The van der Waals surface area contributed by atoms with Crippen molar-refractivity contribution >= 4 is 35.1 Å². The van der Waals surface area contributed by atoms with Gasteiger partial charge in [-0.3, -0.25) is 19.2 Å². The lowest BCUT2D eigenvalue weighted by atomic mass is 10.1. The first kappa shape index (κ1) is 33.0. The molecule has 0 N–H and O–H groups in total. The third-order valence-electron chi connectivity index (χ3n) is 5.81. The second kappa shape index (κ2) is 13.7. The molecule has 0 aliphatic heterocycles. The van der Waals surface area contributed by atoms with Crippen LogP contribution in [0.4, 0.5) is 0 Å². The highest BCUT2D eigenvalue weighted by molar-refractivity contribution is 6.37. The molecule has 0 amide bonds. The van der Waals surface area contributed by atoms with Crippen molar-refractivity contribution in [3.63, 3.8) is 0 Å². The lowest BCUT2D eigenvalue weighted by Gasteiger charge is -2.16. The summed E-state index contributed by atoms with van der Waals surface area (Å²) in [4.78, 5) is 62.4.